The van der Waals surface area contributed by atoms with Crippen LogP contribution >= 0.6 is 11.6 Å². The summed E-state index contributed by atoms with van der Waals surface area (Å²) in [6.07, 6.45) is 0.613. The highest BCUT2D eigenvalue weighted by atomic mass is 35.5. The average molecular weight is 421 g/mol. The monoisotopic (exact) mass is 420 g/mol. The van der Waals surface area contributed by atoms with Gasteiger partial charge in [0, 0.05) is 12.1 Å². The molecule has 4 aromatic rings. The predicted molar refractivity (Wildman–Crippen MR) is 118 cm³/mol. The Balaban J connectivity index is 1.41. The van der Waals surface area contributed by atoms with Gasteiger partial charge in [0.1, 0.15) is 11.3 Å². The van der Waals surface area contributed by atoms with Gasteiger partial charge in [0.15, 0.2) is 18.1 Å². The summed E-state index contributed by atoms with van der Waals surface area (Å²) in [7, 11) is 0. The van der Waals surface area contributed by atoms with Crippen LogP contribution in [-0.2, 0) is 11.2 Å². The minimum Gasteiger partial charge on any atom is -0.482 e. The number of carbonyl (C=O) groups is 1. The average Bonchev–Trinajstić information content (AvgIpc) is 3.09. The maximum atomic E-state index is 12.3. The van der Waals surface area contributed by atoms with E-state index in [2.05, 4.69) is 10.3 Å². The second kappa shape index (κ2) is 8.59. The molecule has 0 spiro atoms. The van der Waals surface area contributed by atoms with Gasteiger partial charge in [-0.3, -0.25) is 4.79 Å². The van der Waals surface area contributed by atoms with Gasteiger partial charge < -0.3 is 14.5 Å². The Morgan fingerprint density at radius 1 is 1.10 bits per heavy atom. The summed E-state index contributed by atoms with van der Waals surface area (Å²) in [6, 6.07) is 19.1. The molecule has 1 N–H and O–H groups in total. The smallest absolute Gasteiger partial charge is 0.262 e. The molecule has 0 aliphatic heterocycles. The van der Waals surface area contributed by atoms with Crippen LogP contribution in [0, 0.1) is 13.8 Å². The van der Waals surface area contributed by atoms with E-state index in [0.717, 1.165) is 16.7 Å². The van der Waals surface area contributed by atoms with E-state index in [1.165, 1.54) is 0 Å². The summed E-state index contributed by atoms with van der Waals surface area (Å²) in [6.45, 7) is 3.72. The zero-order valence-electron chi connectivity index (χ0n) is 16.7. The van der Waals surface area contributed by atoms with Crippen molar-refractivity contribution in [3.63, 3.8) is 0 Å². The lowest BCUT2D eigenvalue weighted by Gasteiger charge is -2.12. The van der Waals surface area contributed by atoms with Gasteiger partial charge in [-0.05, 0) is 54.8 Å². The van der Waals surface area contributed by atoms with Crippen molar-refractivity contribution in [3.8, 4) is 5.75 Å². The van der Waals surface area contributed by atoms with Crippen molar-refractivity contribution < 1.29 is 13.9 Å². The fourth-order valence-corrected chi connectivity index (χ4v) is 3.69. The zero-order valence-corrected chi connectivity index (χ0v) is 17.5. The lowest BCUT2D eigenvalue weighted by molar-refractivity contribution is -0.118. The van der Waals surface area contributed by atoms with Crippen molar-refractivity contribution in [2.24, 2.45) is 0 Å². The molecule has 0 atom stereocenters. The van der Waals surface area contributed by atoms with E-state index in [4.69, 9.17) is 20.8 Å². The van der Waals surface area contributed by atoms with Gasteiger partial charge in [-0.15, -0.1) is 0 Å². The van der Waals surface area contributed by atoms with Crippen LogP contribution in [0.15, 0.2) is 65.1 Å². The Kier molecular flexibility index (Phi) is 5.72. The molecule has 0 unspecified atom stereocenters. The van der Waals surface area contributed by atoms with Crippen molar-refractivity contribution in [1.29, 1.82) is 0 Å². The molecule has 0 aliphatic rings. The molecule has 0 bridgehead atoms. The van der Waals surface area contributed by atoms with E-state index < -0.39 is 0 Å². The number of amides is 1. The summed E-state index contributed by atoms with van der Waals surface area (Å²) in [4.78, 5) is 16.9. The molecule has 5 nitrogen and oxygen atoms in total. The van der Waals surface area contributed by atoms with E-state index in [0.29, 0.717) is 39.9 Å². The molecule has 152 valence electrons. The topological polar surface area (TPSA) is 64.4 Å². The molecular formula is C24H21ClN2O3. The van der Waals surface area contributed by atoms with Crippen LogP contribution in [0.25, 0.3) is 11.1 Å². The molecule has 6 heteroatoms. The molecule has 0 saturated carbocycles. The van der Waals surface area contributed by atoms with Gasteiger partial charge in [0.25, 0.3) is 5.91 Å². The van der Waals surface area contributed by atoms with Crippen molar-refractivity contribution in [1.82, 2.24) is 4.98 Å². The highest BCUT2D eigenvalue weighted by molar-refractivity contribution is 6.32. The van der Waals surface area contributed by atoms with Crippen molar-refractivity contribution >= 4 is 34.3 Å². The molecule has 0 fully saturated rings. The Labute approximate surface area is 179 Å². The zero-order chi connectivity index (χ0) is 21.1. The van der Waals surface area contributed by atoms with E-state index in [-0.39, 0.29) is 12.5 Å². The number of anilines is 1. The quantitative estimate of drug-likeness (QED) is 0.434. The summed E-state index contributed by atoms with van der Waals surface area (Å²) in [5, 5.41) is 3.32. The first kappa shape index (κ1) is 20.0. The normalized spacial score (nSPS) is 10.9. The molecule has 1 aromatic heterocycles. The van der Waals surface area contributed by atoms with Crippen LogP contribution in [-0.4, -0.2) is 17.5 Å². The van der Waals surface area contributed by atoms with Crippen LogP contribution in [0.2, 0.25) is 5.02 Å². The lowest BCUT2D eigenvalue weighted by Crippen LogP contribution is -2.20. The number of hydrogen-bond donors (Lipinski definition) is 1. The van der Waals surface area contributed by atoms with Gasteiger partial charge in [0.2, 0.25) is 0 Å². The van der Waals surface area contributed by atoms with Crippen LogP contribution in [0.4, 0.5) is 5.69 Å². The van der Waals surface area contributed by atoms with Crippen LogP contribution < -0.4 is 10.1 Å². The Bertz CT molecular complexity index is 1180. The second-order valence-electron chi connectivity index (χ2n) is 7.18. The molecule has 30 heavy (non-hydrogen) atoms. The first-order valence-corrected chi connectivity index (χ1v) is 9.98. The van der Waals surface area contributed by atoms with E-state index in [1.807, 2.05) is 56.3 Å². The number of hydrogen-bond acceptors (Lipinski definition) is 4. The molecule has 1 heterocycles. The van der Waals surface area contributed by atoms with E-state index in [9.17, 15) is 4.79 Å². The Hall–Kier alpha value is -3.31. The van der Waals surface area contributed by atoms with Gasteiger partial charge in [-0.2, -0.15) is 0 Å². The maximum absolute atomic E-state index is 12.3. The number of benzene rings is 3. The molecule has 0 aliphatic carbocycles. The van der Waals surface area contributed by atoms with Crippen molar-refractivity contribution in [2.45, 2.75) is 20.3 Å². The number of aromatic nitrogens is 1. The number of halogens is 1. The maximum Gasteiger partial charge on any atom is 0.262 e. The highest BCUT2D eigenvalue weighted by Crippen LogP contribution is 2.29. The number of oxazole rings is 1. The Morgan fingerprint density at radius 3 is 2.67 bits per heavy atom. The minimum absolute atomic E-state index is 0.139. The van der Waals surface area contributed by atoms with Gasteiger partial charge >= 0.3 is 0 Å². The first-order chi connectivity index (χ1) is 14.5. The number of aryl methyl sites for hydroxylation is 2. The van der Waals surface area contributed by atoms with E-state index in [1.54, 1.807) is 18.2 Å². The van der Waals surface area contributed by atoms with Crippen molar-refractivity contribution in [2.75, 3.05) is 11.9 Å². The van der Waals surface area contributed by atoms with Crippen LogP contribution in [0.3, 0.4) is 0 Å². The molecule has 0 saturated heterocycles. The standard InChI is InChI=1S/C24H21ClN2O3/c1-15-10-16(2)24(19(25)11-15)29-14-22(28)26-18-8-9-21-20(13-18)27-23(30-21)12-17-6-4-3-5-7-17/h3-11,13H,12,14H2,1-2H3,(H,26,28). The molecule has 4 rings (SSSR count). The fourth-order valence-electron chi connectivity index (χ4n) is 3.32. The lowest BCUT2D eigenvalue weighted by atomic mass is 10.1. The van der Waals surface area contributed by atoms with Gasteiger partial charge in [-0.25, -0.2) is 4.98 Å². The number of nitrogens with one attached hydrogen (secondary N) is 1. The minimum atomic E-state index is -0.279. The first-order valence-electron chi connectivity index (χ1n) is 9.61. The van der Waals surface area contributed by atoms with Crippen LogP contribution in [0.1, 0.15) is 22.6 Å². The summed E-state index contributed by atoms with van der Waals surface area (Å²) in [5.74, 6) is 0.876. The molecule has 3 aromatic carbocycles. The number of rotatable bonds is 6. The molecular weight excluding hydrogens is 400 g/mol. The number of ether oxygens (including phenoxy) is 1. The second-order valence-corrected chi connectivity index (χ2v) is 7.59. The van der Waals surface area contributed by atoms with Crippen LogP contribution in [0.5, 0.6) is 5.75 Å². The van der Waals surface area contributed by atoms with Gasteiger partial charge in [-0.1, -0.05) is 48.0 Å². The molecule has 1 amide bonds. The SMILES string of the molecule is Cc1cc(C)c(OCC(=O)Nc2ccc3oc(Cc4ccccc4)nc3c2)c(Cl)c1. The third kappa shape index (κ3) is 4.63. The summed E-state index contributed by atoms with van der Waals surface area (Å²) in [5.41, 5.74) is 5.06. The third-order valence-electron chi connectivity index (χ3n) is 4.64. The van der Waals surface area contributed by atoms with E-state index >= 15 is 0 Å². The number of nitrogens with zero attached hydrogens (tertiary/aromatic N) is 1. The third-order valence-corrected chi connectivity index (χ3v) is 4.92. The number of carbonyl (C=O) groups excluding carboxylic acids is 1. The van der Waals surface area contributed by atoms with Crippen molar-refractivity contribution in [3.05, 3.63) is 88.3 Å². The predicted octanol–water partition coefficient (Wildman–Crippen LogP) is 5.71. The highest BCUT2D eigenvalue weighted by Gasteiger charge is 2.12. The van der Waals surface area contributed by atoms with Gasteiger partial charge in [0.05, 0.1) is 5.02 Å². The largest absolute Gasteiger partial charge is 0.482 e. The summed E-state index contributed by atoms with van der Waals surface area (Å²) >= 11 is 6.23. The molecule has 0 radical (unpaired) electrons. The fraction of sp³-hybridized carbons (Fsp3) is 0.167. The number of fused-ring (bicyclic) bond motifs is 1. The summed E-state index contributed by atoms with van der Waals surface area (Å²) < 4.78 is 11.4. The Morgan fingerprint density at radius 2 is 1.90 bits per heavy atom.